The van der Waals surface area contributed by atoms with Crippen molar-refractivity contribution in [3.8, 4) is 11.3 Å². The van der Waals surface area contributed by atoms with E-state index >= 15 is 0 Å². The first-order valence-electron chi connectivity index (χ1n) is 7.59. The van der Waals surface area contributed by atoms with Crippen molar-refractivity contribution in [3.63, 3.8) is 0 Å². The zero-order valence-electron chi connectivity index (χ0n) is 13.8. The Morgan fingerprint density at radius 1 is 1.25 bits per heavy atom. The van der Waals surface area contributed by atoms with Crippen molar-refractivity contribution in [3.05, 3.63) is 42.0 Å². The van der Waals surface area contributed by atoms with Crippen LogP contribution in [0.15, 0.2) is 30.5 Å². The fourth-order valence-corrected chi connectivity index (χ4v) is 2.95. The molecular formula is C17H17FLiN3O2. The van der Waals surface area contributed by atoms with Crippen LogP contribution in [0.4, 0.5) is 10.2 Å². The first-order valence-corrected chi connectivity index (χ1v) is 7.59. The molecule has 5 nitrogen and oxygen atoms in total. The van der Waals surface area contributed by atoms with Crippen molar-refractivity contribution in [1.82, 2.24) is 9.97 Å². The Hall–Kier alpha value is -1.90. The number of nitrogens with zero attached hydrogens (tertiary/aromatic N) is 2. The second-order valence-electron chi connectivity index (χ2n) is 6.14. The van der Waals surface area contributed by atoms with Gasteiger partial charge in [0.15, 0.2) is 5.82 Å². The van der Waals surface area contributed by atoms with Crippen molar-refractivity contribution in [2.45, 2.75) is 38.1 Å². The maximum Gasteiger partial charge on any atom is 1.00 e. The fraction of sp³-hybridized carbons (Fsp3) is 0.353. The van der Waals surface area contributed by atoms with Gasteiger partial charge >= 0.3 is 18.9 Å². The van der Waals surface area contributed by atoms with Crippen molar-refractivity contribution in [2.75, 3.05) is 5.32 Å². The fourth-order valence-electron chi connectivity index (χ4n) is 2.95. The van der Waals surface area contributed by atoms with Gasteiger partial charge in [0.2, 0.25) is 0 Å². The molecule has 0 atom stereocenters. The minimum Gasteiger partial charge on any atom is -0.543 e. The third-order valence-corrected chi connectivity index (χ3v) is 4.23. The number of carbonyl (C=O) groups is 1. The Kier molecular flexibility index (Phi) is 5.63. The molecule has 2 aromatic rings. The minimum absolute atomic E-state index is 0. The number of nitrogens with one attached hydrogen (secondary N) is 1. The summed E-state index contributed by atoms with van der Waals surface area (Å²) in [5.74, 6) is -1.25. The predicted molar refractivity (Wildman–Crippen MR) is 82.3 cm³/mol. The first kappa shape index (κ1) is 18.4. The van der Waals surface area contributed by atoms with Crippen molar-refractivity contribution in [2.24, 2.45) is 0 Å². The average molecular weight is 321 g/mol. The van der Waals surface area contributed by atoms with Gasteiger partial charge in [-0.1, -0.05) is 12.8 Å². The van der Waals surface area contributed by atoms with Crippen LogP contribution in [0.5, 0.6) is 0 Å². The molecule has 1 heterocycles. The predicted octanol–water partition coefficient (Wildman–Crippen LogP) is -0.605. The van der Waals surface area contributed by atoms with Gasteiger partial charge < -0.3 is 15.2 Å². The van der Waals surface area contributed by atoms with Crippen LogP contribution in [-0.2, 0) is 0 Å². The zero-order valence-corrected chi connectivity index (χ0v) is 13.8. The average Bonchev–Trinajstić information content (AvgIpc) is 2.95. The molecule has 24 heavy (non-hydrogen) atoms. The molecule has 1 aliphatic rings. The largest absolute Gasteiger partial charge is 1.00 e. The summed E-state index contributed by atoms with van der Waals surface area (Å²) >= 11 is 0. The number of carbonyl (C=O) groups excluding carboxylic acids is 1. The number of hydrogen-bond donors (Lipinski definition) is 1. The first-order chi connectivity index (χ1) is 11.0. The molecule has 120 valence electrons. The number of halogens is 1. The standard InChI is InChI=1S/C17H18FN3O2.Li/c1-17(8-2-3-9-17)21-15-14(11-4-6-12(18)7-5-11)20-13(10-19-15)16(22)23;/h4-7,10H,2-3,8-9H2,1H3,(H,19,21)(H,22,23);/q;+1/p-1. The molecule has 0 aliphatic heterocycles. The third-order valence-electron chi connectivity index (χ3n) is 4.23. The van der Waals surface area contributed by atoms with Crippen molar-refractivity contribution < 1.29 is 33.2 Å². The van der Waals surface area contributed by atoms with Crippen LogP contribution in [0, 0.1) is 5.82 Å². The Bertz CT molecular complexity index is 731. The van der Waals surface area contributed by atoms with Gasteiger partial charge in [0.1, 0.15) is 17.2 Å². The van der Waals surface area contributed by atoms with E-state index in [9.17, 15) is 14.3 Å². The molecule has 3 rings (SSSR count). The van der Waals surface area contributed by atoms with Crippen LogP contribution in [0.25, 0.3) is 11.3 Å². The Balaban J connectivity index is 0.00000208. The summed E-state index contributed by atoms with van der Waals surface area (Å²) in [5.41, 5.74) is 0.657. The number of rotatable bonds is 4. The van der Waals surface area contributed by atoms with E-state index in [4.69, 9.17) is 0 Å². The van der Waals surface area contributed by atoms with E-state index < -0.39 is 5.97 Å². The number of benzene rings is 1. The van der Waals surface area contributed by atoms with Gasteiger partial charge in [0.25, 0.3) is 0 Å². The van der Waals surface area contributed by atoms with E-state index in [1.165, 1.54) is 18.3 Å². The summed E-state index contributed by atoms with van der Waals surface area (Å²) in [6.45, 7) is 2.11. The van der Waals surface area contributed by atoms with E-state index in [-0.39, 0.29) is 35.9 Å². The second kappa shape index (κ2) is 7.33. The molecule has 1 aromatic carbocycles. The Morgan fingerprint density at radius 2 is 1.88 bits per heavy atom. The van der Waals surface area contributed by atoms with E-state index in [1.807, 2.05) is 0 Å². The molecule has 0 radical (unpaired) electrons. The summed E-state index contributed by atoms with van der Waals surface area (Å²) in [7, 11) is 0. The number of aromatic carboxylic acids is 1. The van der Waals surface area contributed by atoms with Gasteiger partial charge in [-0.2, -0.15) is 0 Å². The molecular weight excluding hydrogens is 304 g/mol. The van der Waals surface area contributed by atoms with E-state index in [0.717, 1.165) is 25.7 Å². The van der Waals surface area contributed by atoms with Gasteiger partial charge in [0.05, 0.1) is 12.2 Å². The normalized spacial score (nSPS) is 15.6. The van der Waals surface area contributed by atoms with E-state index in [0.29, 0.717) is 17.1 Å². The van der Waals surface area contributed by atoms with Crippen LogP contribution in [0.2, 0.25) is 0 Å². The molecule has 0 spiro atoms. The molecule has 1 aliphatic carbocycles. The monoisotopic (exact) mass is 321 g/mol. The summed E-state index contributed by atoms with van der Waals surface area (Å²) in [6, 6.07) is 5.73. The molecule has 0 unspecified atom stereocenters. The zero-order chi connectivity index (χ0) is 16.4. The molecule has 7 heteroatoms. The van der Waals surface area contributed by atoms with Crippen molar-refractivity contribution in [1.29, 1.82) is 0 Å². The topological polar surface area (TPSA) is 77.9 Å². The van der Waals surface area contributed by atoms with Crippen LogP contribution in [0.1, 0.15) is 43.1 Å². The summed E-state index contributed by atoms with van der Waals surface area (Å²) in [4.78, 5) is 19.4. The molecule has 1 fully saturated rings. The SMILES string of the molecule is CC1(Nc2ncc(C(=O)[O-])nc2-c2ccc(F)cc2)CCCC1.[Li+]. The van der Waals surface area contributed by atoms with Gasteiger partial charge in [-0.25, -0.2) is 14.4 Å². The molecule has 0 saturated heterocycles. The molecule has 0 amide bonds. The number of anilines is 1. The van der Waals surface area contributed by atoms with Crippen LogP contribution < -0.4 is 29.3 Å². The molecule has 0 bridgehead atoms. The summed E-state index contributed by atoms with van der Waals surface area (Å²) in [5, 5.41) is 14.4. The smallest absolute Gasteiger partial charge is 0.543 e. The van der Waals surface area contributed by atoms with Crippen LogP contribution >= 0.6 is 0 Å². The Labute approximate surface area is 151 Å². The number of carboxylic acids is 1. The summed E-state index contributed by atoms with van der Waals surface area (Å²) in [6.07, 6.45) is 5.49. The summed E-state index contributed by atoms with van der Waals surface area (Å²) < 4.78 is 13.1. The maximum absolute atomic E-state index is 13.1. The van der Waals surface area contributed by atoms with Crippen LogP contribution in [0.3, 0.4) is 0 Å². The van der Waals surface area contributed by atoms with Gasteiger partial charge in [0, 0.05) is 11.1 Å². The van der Waals surface area contributed by atoms with Gasteiger partial charge in [-0.05, 0) is 44.0 Å². The Morgan fingerprint density at radius 3 is 2.46 bits per heavy atom. The minimum atomic E-state index is -1.39. The molecule has 1 aromatic heterocycles. The number of carboxylic acid groups (broad SMARTS) is 1. The van der Waals surface area contributed by atoms with Crippen molar-refractivity contribution >= 4 is 11.8 Å². The number of hydrogen-bond acceptors (Lipinski definition) is 5. The van der Waals surface area contributed by atoms with Gasteiger partial charge in [-0.3, -0.25) is 0 Å². The van der Waals surface area contributed by atoms with E-state index in [2.05, 4.69) is 22.2 Å². The van der Waals surface area contributed by atoms with Crippen LogP contribution in [-0.4, -0.2) is 21.5 Å². The molecule has 1 saturated carbocycles. The quantitative estimate of drug-likeness (QED) is 0.761. The van der Waals surface area contributed by atoms with Gasteiger partial charge in [-0.15, -0.1) is 0 Å². The number of aromatic nitrogens is 2. The van der Waals surface area contributed by atoms with E-state index in [1.54, 1.807) is 12.1 Å². The third kappa shape index (κ3) is 3.95. The molecule has 1 N–H and O–H groups in total. The second-order valence-corrected chi connectivity index (χ2v) is 6.14. The maximum atomic E-state index is 13.1.